The molecule has 2 unspecified atom stereocenters. The van der Waals surface area contributed by atoms with Crippen LogP contribution in [0.25, 0.3) is 11.2 Å². The molecular weight excluding hydrogens is 532 g/mol. The molecule has 1 aliphatic heterocycles. The predicted octanol–water partition coefficient (Wildman–Crippen LogP) is -0.845. The van der Waals surface area contributed by atoms with Crippen molar-refractivity contribution >= 4 is 34.6 Å². The summed E-state index contributed by atoms with van der Waals surface area (Å²) in [4.78, 5) is 58.0. The Hall–Kier alpha value is -1.83. The molecule has 0 radical (unpaired) electrons. The number of halogens is 1. The van der Waals surface area contributed by atoms with Crippen LogP contribution in [0.15, 0.2) is 11.1 Å². The first kappa shape index (κ1) is 26.8. The number of H-pyrrole nitrogens is 1. The summed E-state index contributed by atoms with van der Waals surface area (Å²) < 4.78 is 66.8. The number of ether oxygens (including phenoxy) is 1. The van der Waals surface area contributed by atoms with E-state index in [1.807, 2.05) is 5.92 Å². The third-order valence-corrected chi connectivity index (χ3v) is 8.10. The Morgan fingerprint density at radius 3 is 2.53 bits per heavy atom. The van der Waals surface area contributed by atoms with Gasteiger partial charge in [0.1, 0.15) is 24.4 Å². The molecule has 188 valence electrons. The molecule has 6 atom stereocenters. The normalized spacial score (nSPS) is 28.9. The fourth-order valence-electron chi connectivity index (χ4n) is 3.02. The maximum Gasteiger partial charge on any atom is 0.490 e. The van der Waals surface area contributed by atoms with E-state index >= 15 is 4.39 Å². The lowest BCUT2D eigenvalue weighted by Crippen LogP contribution is -2.41. The third-order valence-electron chi connectivity index (χ3n) is 4.29. The highest BCUT2D eigenvalue weighted by molar-refractivity contribution is 7.66. The van der Waals surface area contributed by atoms with Crippen molar-refractivity contribution in [3.63, 3.8) is 0 Å². The van der Waals surface area contributed by atoms with Crippen LogP contribution in [0.4, 0.5) is 4.39 Å². The molecule has 0 saturated carbocycles. The SMILES string of the molecule is C#C[C@@]1(n2cnc3c(=O)[nH]c(C)nc32)O[C@H](COP(=O)(O)OP(=O)(O)OP(=O)(O)O)[C@@H](O)[C@H]1F. The summed E-state index contributed by atoms with van der Waals surface area (Å²) in [6.07, 6.45) is 0.0467. The van der Waals surface area contributed by atoms with Crippen molar-refractivity contribution in [2.75, 3.05) is 6.61 Å². The molecule has 0 bridgehead atoms. The average Bonchev–Trinajstić information content (AvgIpc) is 3.18. The van der Waals surface area contributed by atoms with E-state index in [4.69, 9.17) is 25.8 Å². The van der Waals surface area contributed by atoms with E-state index in [0.717, 1.165) is 10.9 Å². The maximum absolute atomic E-state index is 15.2. The van der Waals surface area contributed by atoms with E-state index in [2.05, 4.69) is 28.1 Å². The Labute approximate surface area is 188 Å². The van der Waals surface area contributed by atoms with Crippen LogP contribution < -0.4 is 5.56 Å². The molecular formula is C13H16FN4O13P3. The molecule has 0 aliphatic carbocycles. The van der Waals surface area contributed by atoms with Gasteiger partial charge in [-0.15, -0.1) is 6.42 Å². The van der Waals surface area contributed by atoms with E-state index in [1.165, 1.54) is 6.92 Å². The standard InChI is InChI=1S/C13H16FN4O13P3/c1-3-13(18-5-15-8-11(18)16-6(2)17-12(8)20)10(14)9(19)7(29-13)4-28-33(24,25)31-34(26,27)30-32(21,22)23/h1,5,7,9-10,19H,4H2,2H3,(H,24,25)(H,26,27)(H,16,17,20)(H2,21,22,23)/t7-,9-,10-,13-/m1/s1. The molecule has 3 heterocycles. The zero-order chi connectivity index (χ0) is 25.7. The molecule has 2 aromatic rings. The van der Waals surface area contributed by atoms with Crippen molar-refractivity contribution in [3.05, 3.63) is 22.5 Å². The number of rotatable bonds is 8. The molecule has 0 spiro atoms. The topological polar surface area (TPSA) is 253 Å². The number of phosphoric acid groups is 3. The Bertz CT molecular complexity index is 1350. The lowest BCUT2D eigenvalue weighted by atomic mass is 10.0. The van der Waals surface area contributed by atoms with Crippen LogP contribution in [0.5, 0.6) is 0 Å². The Morgan fingerprint density at radius 1 is 1.29 bits per heavy atom. The third kappa shape index (κ3) is 5.37. The molecule has 1 saturated heterocycles. The number of hydrogen-bond acceptors (Lipinski definition) is 11. The first-order chi connectivity index (χ1) is 15.5. The van der Waals surface area contributed by atoms with Gasteiger partial charge in [0.2, 0.25) is 5.72 Å². The van der Waals surface area contributed by atoms with Gasteiger partial charge >= 0.3 is 23.5 Å². The maximum atomic E-state index is 15.2. The summed E-state index contributed by atoms with van der Waals surface area (Å²) in [6, 6.07) is 0. The van der Waals surface area contributed by atoms with Crippen molar-refractivity contribution in [1.29, 1.82) is 0 Å². The zero-order valence-electron chi connectivity index (χ0n) is 16.7. The quantitative estimate of drug-likeness (QED) is 0.174. The van der Waals surface area contributed by atoms with Crippen LogP contribution in [0.2, 0.25) is 0 Å². The van der Waals surface area contributed by atoms with Crippen LogP contribution in [0, 0.1) is 19.3 Å². The summed E-state index contributed by atoms with van der Waals surface area (Å²) in [7, 11) is -17.0. The molecule has 21 heteroatoms. The van der Waals surface area contributed by atoms with Crippen molar-refractivity contribution in [2.24, 2.45) is 0 Å². The number of fused-ring (bicyclic) bond motifs is 1. The molecule has 1 aliphatic rings. The Morgan fingerprint density at radius 2 is 1.94 bits per heavy atom. The number of aliphatic hydroxyl groups excluding tert-OH is 1. The Kier molecular flexibility index (Phi) is 7.08. The number of alkyl halides is 1. The minimum Gasteiger partial charge on any atom is -0.387 e. The number of nitrogens with zero attached hydrogens (tertiary/aromatic N) is 3. The molecule has 34 heavy (non-hydrogen) atoms. The van der Waals surface area contributed by atoms with Gasteiger partial charge in [-0.3, -0.25) is 13.9 Å². The Balaban J connectivity index is 1.84. The van der Waals surface area contributed by atoms with Crippen molar-refractivity contribution < 1.29 is 60.6 Å². The van der Waals surface area contributed by atoms with Gasteiger partial charge in [-0.1, -0.05) is 0 Å². The van der Waals surface area contributed by atoms with Crippen molar-refractivity contribution in [1.82, 2.24) is 19.5 Å². The fraction of sp³-hybridized carbons (Fsp3) is 0.462. The van der Waals surface area contributed by atoms with Gasteiger partial charge in [0, 0.05) is 0 Å². The summed E-state index contributed by atoms with van der Waals surface area (Å²) >= 11 is 0. The fourth-order valence-corrected chi connectivity index (χ4v) is 6.05. The average molecular weight is 548 g/mol. The number of phosphoric ester groups is 1. The second-order valence-corrected chi connectivity index (χ2v) is 11.1. The summed E-state index contributed by atoms with van der Waals surface area (Å²) in [6.45, 7) is 0.248. The zero-order valence-corrected chi connectivity index (χ0v) is 19.3. The molecule has 0 aromatic carbocycles. The van der Waals surface area contributed by atoms with E-state index in [9.17, 15) is 28.5 Å². The second-order valence-electron chi connectivity index (χ2n) is 6.71. The highest BCUT2D eigenvalue weighted by atomic mass is 31.3. The lowest BCUT2D eigenvalue weighted by Gasteiger charge is -2.27. The van der Waals surface area contributed by atoms with Gasteiger partial charge < -0.3 is 34.4 Å². The first-order valence-corrected chi connectivity index (χ1v) is 13.2. The van der Waals surface area contributed by atoms with Crippen molar-refractivity contribution in [3.8, 4) is 12.3 Å². The molecule has 1 fully saturated rings. The van der Waals surface area contributed by atoms with Crippen molar-refractivity contribution in [2.45, 2.75) is 31.0 Å². The van der Waals surface area contributed by atoms with Gasteiger partial charge in [-0.2, -0.15) is 8.62 Å². The van der Waals surface area contributed by atoms with E-state index in [0.29, 0.717) is 0 Å². The van der Waals surface area contributed by atoms with Gasteiger partial charge in [-0.25, -0.2) is 28.1 Å². The molecule has 6 N–H and O–H groups in total. The number of aromatic nitrogens is 4. The summed E-state index contributed by atoms with van der Waals surface area (Å²) in [5.41, 5.74) is -3.57. The smallest absolute Gasteiger partial charge is 0.387 e. The molecule has 2 aromatic heterocycles. The van der Waals surface area contributed by atoms with Crippen LogP contribution in [0.1, 0.15) is 5.82 Å². The highest BCUT2D eigenvalue weighted by Gasteiger charge is 2.57. The monoisotopic (exact) mass is 548 g/mol. The molecule has 3 rings (SSSR count). The van der Waals surface area contributed by atoms with E-state index in [-0.39, 0.29) is 17.0 Å². The van der Waals surface area contributed by atoms with Crippen LogP contribution in [0.3, 0.4) is 0 Å². The number of hydrogen-bond donors (Lipinski definition) is 6. The van der Waals surface area contributed by atoms with Crippen LogP contribution >= 0.6 is 23.5 Å². The second kappa shape index (κ2) is 8.99. The van der Waals surface area contributed by atoms with Gasteiger partial charge in [0.15, 0.2) is 17.3 Å². The number of aliphatic hydroxyl groups is 1. The number of imidazole rings is 1. The van der Waals surface area contributed by atoms with E-state index < -0.39 is 59.7 Å². The molecule has 17 nitrogen and oxygen atoms in total. The van der Waals surface area contributed by atoms with Gasteiger partial charge in [-0.05, 0) is 12.8 Å². The van der Waals surface area contributed by atoms with Gasteiger partial charge in [0.25, 0.3) is 5.56 Å². The predicted molar refractivity (Wildman–Crippen MR) is 105 cm³/mol. The summed E-state index contributed by atoms with van der Waals surface area (Å²) in [5.74, 6) is 2.10. The minimum atomic E-state index is -5.80. The number of aryl methyl sites for hydroxylation is 1. The van der Waals surface area contributed by atoms with Crippen LogP contribution in [-0.4, -0.2) is 69.2 Å². The van der Waals surface area contributed by atoms with E-state index in [1.54, 1.807) is 0 Å². The number of aromatic amines is 1. The van der Waals surface area contributed by atoms with Crippen LogP contribution in [-0.2, 0) is 37.3 Å². The minimum absolute atomic E-state index is 0.115. The number of terminal acetylenes is 1. The largest absolute Gasteiger partial charge is 0.490 e. The number of nitrogens with one attached hydrogen (secondary N) is 1. The highest BCUT2D eigenvalue weighted by Crippen LogP contribution is 2.66. The first-order valence-electron chi connectivity index (χ1n) is 8.71. The molecule has 0 amide bonds. The lowest BCUT2D eigenvalue weighted by molar-refractivity contribution is -0.0895. The summed E-state index contributed by atoms with van der Waals surface area (Å²) in [5, 5.41) is 10.2. The van der Waals surface area contributed by atoms with Gasteiger partial charge in [0.05, 0.1) is 6.61 Å².